The number of aryl methyl sites for hydroxylation is 2. The van der Waals surface area contributed by atoms with E-state index in [2.05, 4.69) is 224 Å². The van der Waals surface area contributed by atoms with Gasteiger partial charge in [-0.25, -0.2) is 9.97 Å². The summed E-state index contributed by atoms with van der Waals surface area (Å²) in [6.45, 7) is 6.56. The Balaban J connectivity index is 1.22. The minimum Gasteiger partial charge on any atom is -0.314 e. The van der Waals surface area contributed by atoms with Crippen molar-refractivity contribution in [3.8, 4) is 45.3 Å². The van der Waals surface area contributed by atoms with Crippen molar-refractivity contribution in [2.45, 2.75) is 20.8 Å². The third kappa shape index (κ3) is 6.04. The maximum Gasteiger partial charge on any atom is 0.162 e. The Morgan fingerprint density at radius 3 is 1.92 bits per heavy atom. The molecule has 0 atom stereocenters. The van der Waals surface area contributed by atoms with Crippen LogP contribution in [0.4, 0.5) is 0 Å². The lowest BCUT2D eigenvalue weighted by atomic mass is 9.97. The summed E-state index contributed by atoms with van der Waals surface area (Å²) in [4.78, 5) is 10.9. The molecule has 4 aromatic heterocycles. The lowest BCUT2D eigenvalue weighted by Gasteiger charge is -2.17. The Labute approximate surface area is 375 Å². The molecule has 0 bridgehead atoms. The van der Waals surface area contributed by atoms with E-state index in [1.807, 2.05) is 17.4 Å². The summed E-state index contributed by atoms with van der Waals surface area (Å²) in [6, 6.07) is 72.1. The van der Waals surface area contributed by atoms with Crippen molar-refractivity contribution < 1.29 is 0 Å². The van der Waals surface area contributed by atoms with E-state index in [0.29, 0.717) is 5.82 Å². The van der Waals surface area contributed by atoms with Crippen LogP contribution in [-0.4, -0.2) is 19.1 Å². The highest BCUT2D eigenvalue weighted by atomic mass is 32.1. The third-order valence-electron chi connectivity index (χ3n) is 12.8. The lowest BCUT2D eigenvalue weighted by Crippen LogP contribution is -2.07. The van der Waals surface area contributed by atoms with E-state index in [4.69, 9.17) is 9.97 Å². The van der Waals surface area contributed by atoms with Gasteiger partial charge in [-0.15, -0.1) is 11.3 Å². The highest BCUT2D eigenvalue weighted by Crippen LogP contribution is 2.49. The van der Waals surface area contributed by atoms with Gasteiger partial charge >= 0.3 is 0 Å². The number of thiophene rings is 1. The van der Waals surface area contributed by atoms with Crippen molar-refractivity contribution in [2.75, 3.05) is 0 Å². The predicted molar refractivity (Wildman–Crippen MR) is 272 cm³/mol. The first-order valence-corrected chi connectivity index (χ1v) is 22.7. The second-order valence-electron chi connectivity index (χ2n) is 16.7. The molecule has 0 amide bonds. The molecular weight excluding hydrogens is 797 g/mol. The van der Waals surface area contributed by atoms with Gasteiger partial charge < -0.3 is 4.57 Å². The molecule has 5 heteroatoms. The van der Waals surface area contributed by atoms with E-state index >= 15 is 0 Å². The van der Waals surface area contributed by atoms with E-state index in [1.54, 1.807) is 0 Å². The maximum absolute atomic E-state index is 5.57. The van der Waals surface area contributed by atoms with Crippen LogP contribution in [0.2, 0.25) is 0 Å². The van der Waals surface area contributed by atoms with Gasteiger partial charge in [-0.2, -0.15) is 0 Å². The molecule has 12 rings (SSSR count). The van der Waals surface area contributed by atoms with Crippen molar-refractivity contribution in [3.63, 3.8) is 0 Å². The van der Waals surface area contributed by atoms with Gasteiger partial charge in [-0.05, 0) is 96.1 Å². The summed E-state index contributed by atoms with van der Waals surface area (Å²) in [5.74, 6) is 1.58. The zero-order chi connectivity index (χ0) is 42.9. The van der Waals surface area contributed by atoms with E-state index in [0.717, 1.165) is 67.1 Å². The number of benzene rings is 8. The molecule has 0 radical (unpaired) electrons. The number of nitrogens with zero attached hydrogens (tertiary/aromatic N) is 4. The Morgan fingerprint density at radius 1 is 0.453 bits per heavy atom. The highest BCUT2D eigenvalue weighted by molar-refractivity contribution is 7.27. The van der Waals surface area contributed by atoms with E-state index < -0.39 is 0 Å². The van der Waals surface area contributed by atoms with Gasteiger partial charge in [0.15, 0.2) is 5.82 Å². The molecule has 0 fully saturated rings. The van der Waals surface area contributed by atoms with Crippen LogP contribution < -0.4 is 0 Å². The van der Waals surface area contributed by atoms with Crippen LogP contribution >= 0.6 is 11.3 Å². The monoisotopic (exact) mass is 838 g/mol. The Kier molecular flexibility index (Phi) is 8.99. The highest BCUT2D eigenvalue weighted by Gasteiger charge is 2.25. The standard InChI is InChI=1S/C59H42N4S/c1-37-18-10-12-24-45(37)55-39(3)59(61-58(60-55)42-20-6-4-7-21-42)63-51-35-34-43(40-31-30-38(2)62(44-22-8-5-9-23-44)50-28-16-11-19-41(50)33-32-40)36-49(51)53-46-25-13-14-26-47(46)54-48-27-15-17-29-52(48)64-57(54)56(53)63/h4-36H,1-3H3. The van der Waals surface area contributed by atoms with E-state index in [9.17, 15) is 0 Å². The molecule has 0 aliphatic heterocycles. The first kappa shape index (κ1) is 37.9. The summed E-state index contributed by atoms with van der Waals surface area (Å²) in [5, 5.41) is 8.60. The molecule has 0 aliphatic carbocycles. The Morgan fingerprint density at radius 2 is 1.11 bits per heavy atom. The molecule has 0 unspecified atom stereocenters. The van der Waals surface area contributed by atoms with Crippen LogP contribution in [-0.2, 0) is 0 Å². The third-order valence-corrected chi connectivity index (χ3v) is 14.0. The Hall–Kier alpha value is -7.86. The predicted octanol–water partition coefficient (Wildman–Crippen LogP) is 16.1. The summed E-state index contributed by atoms with van der Waals surface area (Å²) < 4.78 is 7.32. The van der Waals surface area contributed by atoms with E-state index in [-0.39, 0.29) is 0 Å². The van der Waals surface area contributed by atoms with E-state index in [1.165, 1.54) is 52.8 Å². The number of para-hydroxylation sites is 2. The zero-order valence-corrected chi connectivity index (χ0v) is 36.6. The molecule has 64 heavy (non-hydrogen) atoms. The van der Waals surface area contributed by atoms with Crippen molar-refractivity contribution >= 4 is 75.0 Å². The minimum atomic E-state index is 0.701. The molecule has 0 aliphatic rings. The molecule has 0 N–H and O–H groups in total. The largest absolute Gasteiger partial charge is 0.314 e. The lowest BCUT2D eigenvalue weighted by molar-refractivity contribution is 1.02. The number of fused-ring (bicyclic) bond motifs is 11. The number of hydrogen-bond donors (Lipinski definition) is 0. The molecule has 0 saturated heterocycles. The SMILES string of the molecule is Cc1ccccc1-c1nc(-c2ccccc2)nc(-n2c3ccc(-c4ccc(C)n(-c5ccccc5)c5ccccc5cc4)cc3c3c4ccccc4c4c5ccccc5sc4c32)c1C. The van der Waals surface area contributed by atoms with Crippen LogP contribution in [0.5, 0.6) is 0 Å². The van der Waals surface area contributed by atoms with Crippen molar-refractivity contribution in [1.29, 1.82) is 0 Å². The summed E-state index contributed by atoms with van der Waals surface area (Å²) in [5.41, 5.74) is 13.2. The normalized spacial score (nSPS) is 11.7. The van der Waals surface area contributed by atoms with Crippen molar-refractivity contribution in [3.05, 3.63) is 217 Å². The number of hydrogen-bond acceptors (Lipinski definition) is 3. The van der Waals surface area contributed by atoms with Crippen molar-refractivity contribution in [1.82, 2.24) is 19.1 Å². The molecule has 12 aromatic rings. The number of rotatable bonds is 5. The molecule has 4 heterocycles. The number of aromatic nitrogens is 4. The molecule has 0 saturated carbocycles. The fraction of sp³-hybridized carbons (Fsp3) is 0.0508. The second kappa shape index (κ2) is 15.2. The van der Waals surface area contributed by atoms with Gasteiger partial charge in [-0.3, -0.25) is 4.57 Å². The van der Waals surface area contributed by atoms with Crippen LogP contribution in [0.15, 0.2) is 200 Å². The second-order valence-corrected chi connectivity index (χ2v) is 17.7. The van der Waals surface area contributed by atoms with Crippen LogP contribution in [0.1, 0.15) is 16.8 Å². The fourth-order valence-electron chi connectivity index (χ4n) is 9.77. The van der Waals surface area contributed by atoms with Gasteiger partial charge in [-0.1, -0.05) is 158 Å². The maximum atomic E-state index is 5.57. The average Bonchev–Trinajstić information content (AvgIpc) is 3.91. The fourth-order valence-corrected chi connectivity index (χ4v) is 11.0. The summed E-state index contributed by atoms with van der Waals surface area (Å²) >= 11 is 1.87. The van der Waals surface area contributed by atoms with Crippen molar-refractivity contribution in [2.24, 2.45) is 0 Å². The first-order valence-electron chi connectivity index (χ1n) is 21.8. The summed E-state index contributed by atoms with van der Waals surface area (Å²) in [6.07, 6.45) is 0. The van der Waals surface area contributed by atoms with Crippen LogP contribution in [0.25, 0.3) is 109 Å². The Bertz CT molecular complexity index is 3870. The molecule has 0 spiro atoms. The molecule has 304 valence electrons. The minimum absolute atomic E-state index is 0.701. The topological polar surface area (TPSA) is 35.6 Å². The van der Waals surface area contributed by atoms with Gasteiger partial charge in [0.25, 0.3) is 0 Å². The first-order chi connectivity index (χ1) is 31.5. The van der Waals surface area contributed by atoms with Crippen LogP contribution in [0, 0.1) is 20.8 Å². The van der Waals surface area contributed by atoms with Gasteiger partial charge in [0.1, 0.15) is 5.82 Å². The quantitative estimate of drug-likeness (QED) is 0.173. The molecule has 8 aromatic carbocycles. The summed E-state index contributed by atoms with van der Waals surface area (Å²) in [7, 11) is 0. The van der Waals surface area contributed by atoms with Gasteiger partial charge in [0, 0.05) is 54.3 Å². The molecular formula is C59H42N4S. The van der Waals surface area contributed by atoms with Crippen LogP contribution in [0.3, 0.4) is 0 Å². The average molecular weight is 839 g/mol. The molecule has 4 nitrogen and oxygen atoms in total. The smallest absolute Gasteiger partial charge is 0.162 e. The van der Waals surface area contributed by atoms with Gasteiger partial charge in [0.05, 0.1) is 26.9 Å². The zero-order valence-electron chi connectivity index (χ0n) is 35.7. The van der Waals surface area contributed by atoms with Gasteiger partial charge in [0.2, 0.25) is 0 Å².